The van der Waals surface area contributed by atoms with E-state index in [0.29, 0.717) is 12.2 Å². The molecule has 0 unspecified atom stereocenters. The lowest BCUT2D eigenvalue weighted by atomic mass is 10.00. The lowest BCUT2D eigenvalue weighted by Gasteiger charge is -2.29. The standard InChI is InChI=1S/C54H96N14O17S2/c1-25(2)19-33(65-53(83)43(29(9)69)68-51(81)35(21-27(5)6)63-48(78)36(22-39(57)70)61-44(74)30(56)16-18-87-10)47(77)59-31(13-11-12-17-55)45(75)60-32(14-15-41(72)73)46(76)66-38(24-86)52(82)64-37(23-40(58)71)49(79)62-34(20-26(3)4)50(80)67-42(28(7)8)54(84)85/h25-38,42-43,69,86H,11-24,55-56H2,1-10H3,(H2,57,70)(H2,58,71)(H,59,77)(H,60,75)(H,61,74)(H,62,79)(H,63,78)(H,64,82)(H,65,83)(H,66,76)(H,67,80)(H,68,81)(H,72,73)(H,84,85)/t29-,30+,31+,32+,33+,34+,35+,36+,37+,38+,42+,43+/m1/s1. The number of aliphatic hydroxyl groups excluding tert-OH is 1. The molecule has 12 atom stereocenters. The van der Waals surface area contributed by atoms with Gasteiger partial charge in [0.2, 0.25) is 70.9 Å². The summed E-state index contributed by atoms with van der Waals surface area (Å²) in [6.45, 7) is 14.7. The number of hydrogen-bond donors (Lipinski definition) is 18. The monoisotopic (exact) mass is 1280 g/mol. The molecule has 0 saturated heterocycles. The Morgan fingerprint density at radius 2 is 0.793 bits per heavy atom. The van der Waals surface area contributed by atoms with Gasteiger partial charge in [-0.15, -0.1) is 0 Å². The minimum atomic E-state index is -1.78. The van der Waals surface area contributed by atoms with Gasteiger partial charge in [-0.25, -0.2) is 4.79 Å². The third kappa shape index (κ3) is 32.1. The first kappa shape index (κ1) is 80.2. The van der Waals surface area contributed by atoms with Crippen LogP contribution in [0.4, 0.5) is 0 Å². The normalized spacial score (nSPS) is 15.5. The highest BCUT2D eigenvalue weighted by Gasteiger charge is 2.38. The van der Waals surface area contributed by atoms with Gasteiger partial charge in [-0.2, -0.15) is 24.4 Å². The number of hydrogen-bond acceptors (Lipinski definition) is 19. The summed E-state index contributed by atoms with van der Waals surface area (Å²) >= 11 is 5.59. The van der Waals surface area contributed by atoms with Crippen molar-refractivity contribution >= 4 is 107 Å². The first-order valence-corrected chi connectivity index (χ1v) is 30.8. The summed E-state index contributed by atoms with van der Waals surface area (Å²) in [4.78, 5) is 185. The van der Waals surface area contributed by atoms with Crippen LogP contribution in [0.15, 0.2) is 0 Å². The van der Waals surface area contributed by atoms with Crippen LogP contribution in [-0.4, -0.2) is 195 Å². The van der Waals surface area contributed by atoms with Crippen molar-refractivity contribution < 1.29 is 82.4 Å². The largest absolute Gasteiger partial charge is 0.481 e. The van der Waals surface area contributed by atoms with Gasteiger partial charge in [0.15, 0.2) is 0 Å². The average Bonchev–Trinajstić information content (AvgIpc) is 3.50. The fourth-order valence-corrected chi connectivity index (χ4v) is 9.15. The average molecular weight is 1280 g/mol. The maximum atomic E-state index is 14.3. The number of thioether (sulfide) groups is 1. The van der Waals surface area contributed by atoms with Gasteiger partial charge >= 0.3 is 11.9 Å². The van der Waals surface area contributed by atoms with Crippen LogP contribution in [0.25, 0.3) is 0 Å². The van der Waals surface area contributed by atoms with Crippen molar-refractivity contribution in [3.63, 3.8) is 0 Å². The van der Waals surface area contributed by atoms with E-state index in [2.05, 4.69) is 65.8 Å². The molecule has 496 valence electrons. The zero-order valence-corrected chi connectivity index (χ0v) is 53.1. The van der Waals surface area contributed by atoms with Gasteiger partial charge in [0.25, 0.3) is 0 Å². The summed E-state index contributed by atoms with van der Waals surface area (Å²) < 4.78 is 0. The highest BCUT2D eigenvalue weighted by molar-refractivity contribution is 7.98. The molecule has 0 rings (SSSR count). The molecule has 0 radical (unpaired) electrons. The molecule has 0 bridgehead atoms. The molecule has 87 heavy (non-hydrogen) atoms. The molecular weight excluding hydrogens is 1180 g/mol. The van der Waals surface area contributed by atoms with Crippen LogP contribution in [-0.2, 0) is 67.1 Å². The van der Waals surface area contributed by atoms with Crippen LogP contribution < -0.4 is 76.1 Å². The van der Waals surface area contributed by atoms with E-state index in [-0.39, 0.29) is 62.8 Å². The van der Waals surface area contributed by atoms with E-state index in [1.807, 2.05) is 0 Å². The Morgan fingerprint density at radius 1 is 0.448 bits per heavy atom. The van der Waals surface area contributed by atoms with Crippen molar-refractivity contribution in [3.8, 4) is 0 Å². The number of primary amides is 2. The van der Waals surface area contributed by atoms with Crippen LogP contribution in [0.5, 0.6) is 0 Å². The first-order chi connectivity index (χ1) is 40.5. The summed E-state index contributed by atoms with van der Waals surface area (Å²) in [7, 11) is 0. The van der Waals surface area contributed by atoms with Crippen molar-refractivity contribution in [1.82, 2.24) is 53.2 Å². The molecule has 0 spiro atoms. The Labute approximate surface area is 517 Å². The molecule has 31 nitrogen and oxygen atoms in total. The summed E-state index contributed by atoms with van der Waals surface area (Å²) in [5.74, 6) is -16.2. The number of nitrogens with two attached hydrogens (primary N) is 4. The van der Waals surface area contributed by atoms with Crippen LogP contribution in [0.3, 0.4) is 0 Å². The molecule has 0 aliphatic rings. The second-order valence-electron chi connectivity index (χ2n) is 22.8. The molecule has 0 heterocycles. The van der Waals surface area contributed by atoms with Gasteiger partial charge in [-0.05, 0) is 101 Å². The predicted octanol–water partition coefficient (Wildman–Crippen LogP) is -4.15. The minimum Gasteiger partial charge on any atom is -0.481 e. The number of carboxylic acids is 2. The van der Waals surface area contributed by atoms with E-state index in [4.69, 9.17) is 22.9 Å². The second kappa shape index (κ2) is 41.3. The van der Waals surface area contributed by atoms with Crippen LogP contribution in [0.2, 0.25) is 0 Å². The second-order valence-corrected chi connectivity index (χ2v) is 24.2. The maximum Gasteiger partial charge on any atom is 0.326 e. The number of carbonyl (C=O) groups is 14. The van der Waals surface area contributed by atoms with E-state index < -0.39 is 193 Å². The van der Waals surface area contributed by atoms with Crippen molar-refractivity contribution in [2.75, 3.05) is 24.3 Å². The number of unbranched alkanes of at least 4 members (excludes halogenated alkanes) is 1. The lowest BCUT2D eigenvalue weighted by molar-refractivity contribution is -0.143. The predicted molar refractivity (Wildman–Crippen MR) is 324 cm³/mol. The Hall–Kier alpha value is -6.84. The number of aliphatic carboxylic acids is 2. The number of carbonyl (C=O) groups excluding carboxylic acids is 12. The molecule has 33 heteroatoms. The summed E-state index contributed by atoms with van der Waals surface area (Å²) in [6, 6.07) is -16.6. The zero-order chi connectivity index (χ0) is 67.0. The number of amides is 12. The molecule has 0 aliphatic heterocycles. The van der Waals surface area contributed by atoms with Gasteiger partial charge < -0.3 is 91.4 Å². The smallest absolute Gasteiger partial charge is 0.326 e. The molecule has 0 aromatic heterocycles. The summed E-state index contributed by atoms with van der Waals surface area (Å²) in [6.07, 6.45) is -2.10. The van der Waals surface area contributed by atoms with E-state index in [1.54, 1.807) is 61.6 Å². The number of thiol groups is 1. The molecular formula is C54H96N14O17S2. The molecule has 12 amide bonds. The Balaban J connectivity index is 6.83. The number of nitrogens with one attached hydrogen (secondary N) is 10. The van der Waals surface area contributed by atoms with E-state index in [9.17, 15) is 82.4 Å². The summed E-state index contributed by atoms with van der Waals surface area (Å²) in [5, 5.41) is 54.3. The molecule has 21 N–H and O–H groups in total. The topological polar surface area (TPSA) is 524 Å². The number of aliphatic hydroxyl groups is 1. The van der Waals surface area contributed by atoms with Crippen LogP contribution >= 0.6 is 24.4 Å². The van der Waals surface area contributed by atoms with Crippen LogP contribution in [0, 0.1) is 23.7 Å². The van der Waals surface area contributed by atoms with Gasteiger partial charge in [0.05, 0.1) is 25.0 Å². The lowest BCUT2D eigenvalue weighted by Crippen LogP contribution is -2.62. The van der Waals surface area contributed by atoms with Crippen molar-refractivity contribution in [2.24, 2.45) is 46.6 Å². The number of rotatable bonds is 44. The SMILES string of the molecule is CSCC[C@H](N)C(=O)N[C@@H](CC(N)=O)C(=O)N[C@@H](CC(C)C)C(=O)N[C@H](C(=O)N[C@@H](CC(C)C)C(=O)N[C@@H](CCCCN)C(=O)N[C@@H](CCC(=O)O)C(=O)N[C@@H](CS)C(=O)N[C@@H](CC(N)=O)C(=O)N[C@@H](CC(C)C)C(=O)N[C@H](C(=O)O)C(C)C)[C@@H](C)O. The molecule has 0 fully saturated rings. The third-order valence-corrected chi connectivity index (χ3v) is 14.0. The van der Waals surface area contributed by atoms with Gasteiger partial charge in [0.1, 0.15) is 60.4 Å². The van der Waals surface area contributed by atoms with Crippen molar-refractivity contribution in [1.29, 1.82) is 0 Å². The van der Waals surface area contributed by atoms with E-state index >= 15 is 0 Å². The van der Waals surface area contributed by atoms with E-state index in [0.717, 1.165) is 0 Å². The Kier molecular flexibility index (Phi) is 38.1. The Morgan fingerprint density at radius 3 is 1.16 bits per heavy atom. The minimum absolute atomic E-state index is 0.00825. The Bertz CT molecular complexity index is 2350. The van der Waals surface area contributed by atoms with Gasteiger partial charge in [0, 0.05) is 12.2 Å². The molecule has 0 aromatic carbocycles. The summed E-state index contributed by atoms with van der Waals surface area (Å²) in [5.41, 5.74) is 22.5. The molecule has 0 aliphatic carbocycles. The van der Waals surface area contributed by atoms with Crippen molar-refractivity contribution in [2.45, 2.75) is 206 Å². The fourth-order valence-electron chi connectivity index (χ4n) is 8.40. The van der Waals surface area contributed by atoms with Gasteiger partial charge in [-0.3, -0.25) is 62.3 Å². The highest BCUT2D eigenvalue weighted by atomic mass is 32.2. The van der Waals surface area contributed by atoms with E-state index in [1.165, 1.54) is 18.7 Å². The zero-order valence-electron chi connectivity index (χ0n) is 51.4. The fraction of sp³-hybridized carbons (Fsp3) is 0.741. The quantitative estimate of drug-likeness (QED) is 0.0203. The maximum absolute atomic E-state index is 14.3. The first-order valence-electron chi connectivity index (χ1n) is 28.8. The number of carboxylic acid groups (broad SMARTS) is 2. The third-order valence-electron chi connectivity index (χ3n) is 13.0. The highest BCUT2D eigenvalue weighted by Crippen LogP contribution is 2.14. The molecule has 0 aromatic rings. The van der Waals surface area contributed by atoms with Gasteiger partial charge in [-0.1, -0.05) is 55.4 Å². The van der Waals surface area contributed by atoms with Crippen LogP contribution in [0.1, 0.15) is 133 Å². The molecule has 0 saturated carbocycles. The van der Waals surface area contributed by atoms with Crippen molar-refractivity contribution in [3.05, 3.63) is 0 Å².